The maximum absolute atomic E-state index is 10.7. The number of carboxylic acids is 1. The zero-order valence-corrected chi connectivity index (χ0v) is 9.35. The van der Waals surface area contributed by atoms with Gasteiger partial charge in [0.25, 0.3) is 0 Å². The first kappa shape index (κ1) is 12.8. The molecular weight excluding hydrogens is 244 g/mol. The monoisotopic (exact) mass is 250 g/mol. The molecule has 1 aromatic rings. The van der Waals surface area contributed by atoms with E-state index in [1.54, 1.807) is 0 Å². The van der Waals surface area contributed by atoms with Gasteiger partial charge in [-0.1, -0.05) is 11.6 Å². The van der Waals surface area contributed by atoms with Gasteiger partial charge < -0.3 is 10.0 Å². The van der Waals surface area contributed by atoms with Crippen molar-refractivity contribution < 1.29 is 9.90 Å². The number of hydrogen-bond donors (Lipinski definition) is 1. The van der Waals surface area contributed by atoms with Crippen LogP contribution in [0.15, 0.2) is 12.3 Å². The van der Waals surface area contributed by atoms with Crippen molar-refractivity contribution in [3.8, 4) is 12.1 Å². The largest absolute Gasteiger partial charge is 0.478 e. The molecule has 0 spiro atoms. The van der Waals surface area contributed by atoms with Crippen molar-refractivity contribution in [1.82, 2.24) is 4.98 Å². The van der Waals surface area contributed by atoms with Crippen LogP contribution >= 0.6 is 11.6 Å². The Kier molecular flexibility index (Phi) is 4.27. The Morgan fingerprint density at radius 1 is 1.47 bits per heavy atom. The van der Waals surface area contributed by atoms with Crippen LogP contribution in [0.5, 0.6) is 0 Å². The van der Waals surface area contributed by atoms with E-state index in [0.717, 1.165) is 6.20 Å². The van der Waals surface area contributed by atoms with Crippen LogP contribution in [0.4, 0.5) is 5.82 Å². The van der Waals surface area contributed by atoms with Crippen LogP contribution in [-0.4, -0.2) is 29.1 Å². The molecule has 0 amide bonds. The van der Waals surface area contributed by atoms with E-state index in [0.29, 0.717) is 0 Å². The van der Waals surface area contributed by atoms with Crippen LogP contribution in [0, 0.1) is 22.7 Å². The van der Waals surface area contributed by atoms with Gasteiger partial charge in [-0.25, -0.2) is 9.78 Å². The summed E-state index contributed by atoms with van der Waals surface area (Å²) in [6, 6.07) is 4.98. The predicted octanol–water partition coefficient (Wildman–Crippen LogP) is 1.29. The van der Waals surface area contributed by atoms with Crippen LogP contribution in [0.25, 0.3) is 0 Å². The maximum Gasteiger partial charge on any atom is 0.337 e. The number of carboxylic acid groups (broad SMARTS) is 1. The Morgan fingerprint density at radius 2 is 2.06 bits per heavy atom. The van der Waals surface area contributed by atoms with Gasteiger partial charge in [0.15, 0.2) is 0 Å². The predicted molar refractivity (Wildman–Crippen MR) is 59.6 cm³/mol. The van der Waals surface area contributed by atoms with Crippen molar-refractivity contribution in [3.63, 3.8) is 0 Å². The van der Waals surface area contributed by atoms with Crippen molar-refractivity contribution in [1.29, 1.82) is 10.5 Å². The molecule has 1 N–H and O–H groups in total. The van der Waals surface area contributed by atoms with E-state index < -0.39 is 5.97 Å². The normalized spacial score (nSPS) is 9.12. The van der Waals surface area contributed by atoms with E-state index in [1.165, 1.54) is 11.0 Å². The molecule has 17 heavy (non-hydrogen) atoms. The lowest BCUT2D eigenvalue weighted by molar-refractivity contribution is 0.0696. The van der Waals surface area contributed by atoms with Gasteiger partial charge in [0.2, 0.25) is 0 Å². The number of pyridine rings is 1. The zero-order valence-electron chi connectivity index (χ0n) is 8.59. The SMILES string of the molecule is N#CCN(CC#N)c1ncc(C(=O)O)cc1Cl. The van der Waals surface area contributed by atoms with Crippen LogP contribution in [-0.2, 0) is 0 Å². The van der Waals surface area contributed by atoms with Crippen LogP contribution in [0.1, 0.15) is 10.4 Å². The molecule has 0 aliphatic heterocycles. The number of nitrogens with zero attached hydrogens (tertiary/aromatic N) is 4. The second kappa shape index (κ2) is 5.69. The molecule has 6 nitrogen and oxygen atoms in total. The average molecular weight is 251 g/mol. The van der Waals surface area contributed by atoms with E-state index in [9.17, 15) is 4.79 Å². The molecule has 1 heterocycles. The van der Waals surface area contributed by atoms with Crippen molar-refractivity contribution in [2.75, 3.05) is 18.0 Å². The van der Waals surface area contributed by atoms with E-state index in [-0.39, 0.29) is 29.5 Å². The highest BCUT2D eigenvalue weighted by Crippen LogP contribution is 2.23. The molecule has 0 fully saturated rings. The molecule has 0 aliphatic rings. The van der Waals surface area contributed by atoms with Gasteiger partial charge in [-0.3, -0.25) is 0 Å². The minimum atomic E-state index is -1.14. The van der Waals surface area contributed by atoms with Crippen molar-refractivity contribution in [2.24, 2.45) is 0 Å². The maximum atomic E-state index is 10.7. The van der Waals surface area contributed by atoms with Crippen molar-refractivity contribution in [2.45, 2.75) is 0 Å². The summed E-state index contributed by atoms with van der Waals surface area (Å²) in [5.41, 5.74) is -0.0485. The fourth-order valence-corrected chi connectivity index (χ4v) is 1.44. The topological polar surface area (TPSA) is 101 Å². The number of aromatic nitrogens is 1. The Morgan fingerprint density at radius 3 is 2.47 bits per heavy atom. The summed E-state index contributed by atoms with van der Waals surface area (Å²) in [6.07, 6.45) is 1.13. The van der Waals surface area contributed by atoms with Gasteiger partial charge in [0.1, 0.15) is 18.9 Å². The third-order valence-corrected chi connectivity index (χ3v) is 2.17. The Hall–Kier alpha value is -2.31. The third-order valence-electron chi connectivity index (χ3n) is 1.89. The van der Waals surface area contributed by atoms with Crippen LogP contribution < -0.4 is 4.90 Å². The fraction of sp³-hybridized carbons (Fsp3) is 0.200. The highest BCUT2D eigenvalue weighted by Gasteiger charge is 2.14. The molecule has 0 unspecified atom stereocenters. The van der Waals surface area contributed by atoms with Crippen molar-refractivity contribution >= 4 is 23.4 Å². The molecule has 0 aliphatic carbocycles. The molecular formula is C10H7ClN4O2. The van der Waals surface area contributed by atoms with Crippen LogP contribution in [0.2, 0.25) is 5.02 Å². The number of rotatable bonds is 4. The molecule has 0 radical (unpaired) electrons. The Balaban J connectivity index is 3.09. The van der Waals surface area contributed by atoms with E-state index in [1.807, 2.05) is 12.1 Å². The lowest BCUT2D eigenvalue weighted by Gasteiger charge is -2.17. The Labute approximate surface area is 102 Å². The quantitative estimate of drug-likeness (QED) is 0.808. The lowest BCUT2D eigenvalue weighted by Crippen LogP contribution is -2.25. The highest BCUT2D eigenvalue weighted by molar-refractivity contribution is 6.33. The number of halogens is 1. The number of carbonyl (C=O) groups is 1. The summed E-state index contributed by atoms with van der Waals surface area (Å²) < 4.78 is 0. The molecule has 86 valence electrons. The second-order valence-electron chi connectivity index (χ2n) is 3.01. The van der Waals surface area contributed by atoms with Gasteiger partial charge in [-0.15, -0.1) is 0 Å². The van der Waals surface area contributed by atoms with E-state index >= 15 is 0 Å². The zero-order chi connectivity index (χ0) is 12.8. The fourth-order valence-electron chi connectivity index (χ4n) is 1.16. The summed E-state index contributed by atoms with van der Waals surface area (Å²) in [4.78, 5) is 15.9. The molecule has 1 aromatic heterocycles. The van der Waals surface area contributed by atoms with Gasteiger partial charge in [-0.05, 0) is 6.07 Å². The second-order valence-corrected chi connectivity index (χ2v) is 3.41. The average Bonchev–Trinajstić information content (AvgIpc) is 2.28. The summed E-state index contributed by atoms with van der Waals surface area (Å²) in [5, 5.41) is 26.0. The first-order valence-corrected chi connectivity index (χ1v) is 4.85. The van der Waals surface area contributed by atoms with E-state index in [2.05, 4.69) is 4.98 Å². The van der Waals surface area contributed by atoms with Gasteiger partial charge in [-0.2, -0.15) is 10.5 Å². The lowest BCUT2D eigenvalue weighted by atomic mass is 10.3. The molecule has 0 saturated heterocycles. The molecule has 0 atom stereocenters. The van der Waals surface area contributed by atoms with Crippen LogP contribution in [0.3, 0.4) is 0 Å². The van der Waals surface area contributed by atoms with E-state index in [4.69, 9.17) is 27.2 Å². The standard InChI is InChI=1S/C10H7ClN4O2/c11-8-5-7(10(16)17)6-14-9(8)15(3-1-12)4-2-13/h5-6H,3-4H2,(H,16,17). The number of anilines is 1. The Bertz CT molecular complexity index is 502. The third kappa shape index (κ3) is 3.07. The molecule has 0 aromatic carbocycles. The summed E-state index contributed by atoms with van der Waals surface area (Å²) in [5.74, 6) is -0.919. The summed E-state index contributed by atoms with van der Waals surface area (Å²) >= 11 is 5.85. The van der Waals surface area contributed by atoms with Gasteiger partial charge in [0, 0.05) is 6.20 Å². The summed E-state index contributed by atoms with van der Waals surface area (Å²) in [7, 11) is 0. The number of aromatic carboxylic acids is 1. The summed E-state index contributed by atoms with van der Waals surface area (Å²) in [6.45, 7) is -0.0978. The van der Waals surface area contributed by atoms with Gasteiger partial charge in [0.05, 0.1) is 22.7 Å². The molecule has 1 rings (SSSR count). The molecule has 0 bridgehead atoms. The first-order chi connectivity index (χ1) is 8.10. The van der Waals surface area contributed by atoms with Crippen molar-refractivity contribution in [3.05, 3.63) is 22.8 Å². The smallest absolute Gasteiger partial charge is 0.337 e. The minimum Gasteiger partial charge on any atom is -0.478 e. The molecule has 0 saturated carbocycles. The highest BCUT2D eigenvalue weighted by atomic mass is 35.5. The number of nitriles is 2. The number of hydrogen-bond acceptors (Lipinski definition) is 5. The minimum absolute atomic E-state index is 0.0485. The first-order valence-electron chi connectivity index (χ1n) is 4.47. The van der Waals surface area contributed by atoms with Gasteiger partial charge >= 0.3 is 5.97 Å². The molecule has 7 heteroatoms.